The van der Waals surface area contributed by atoms with Crippen molar-refractivity contribution in [1.82, 2.24) is 5.32 Å². The summed E-state index contributed by atoms with van der Waals surface area (Å²) in [5.74, 6) is -1.11. The van der Waals surface area contributed by atoms with Gasteiger partial charge in [0.15, 0.2) is 0 Å². The summed E-state index contributed by atoms with van der Waals surface area (Å²) in [6.45, 7) is 1.77. The van der Waals surface area contributed by atoms with Gasteiger partial charge in [0.1, 0.15) is 5.82 Å². The molecule has 0 bridgehead atoms. The molecule has 1 aromatic rings. The van der Waals surface area contributed by atoms with E-state index in [1.807, 2.05) is 6.92 Å². The second-order valence-corrected chi connectivity index (χ2v) is 4.17. The number of nitrogens with one attached hydrogen (secondary N) is 2. The van der Waals surface area contributed by atoms with Crippen LogP contribution in [0, 0.1) is 5.82 Å². The van der Waals surface area contributed by atoms with E-state index in [2.05, 4.69) is 10.6 Å². The number of anilines is 1. The number of nitrogens with two attached hydrogens (primary N) is 1. The predicted octanol–water partition coefficient (Wildman–Crippen LogP) is 1.43. The smallest absolute Gasteiger partial charge is 0.243 e. The number of hydrogen-bond donors (Lipinski definition) is 3. The van der Waals surface area contributed by atoms with E-state index in [1.54, 1.807) is 0 Å². The highest BCUT2D eigenvalue weighted by Gasteiger charge is 2.13. The van der Waals surface area contributed by atoms with E-state index in [4.69, 9.17) is 5.73 Å². The Morgan fingerprint density at radius 2 is 1.90 bits per heavy atom. The molecule has 0 aliphatic heterocycles. The molecular formula is C13H19ClFN3O2. The molecule has 0 radical (unpaired) electrons. The first-order valence-corrected chi connectivity index (χ1v) is 6.11. The number of carbonyl (C=O) groups excluding carboxylic acids is 2. The molecule has 112 valence electrons. The molecule has 1 atom stereocenters. The van der Waals surface area contributed by atoms with Crippen molar-refractivity contribution >= 4 is 29.9 Å². The Balaban J connectivity index is 0.00000361. The van der Waals surface area contributed by atoms with Crippen molar-refractivity contribution in [3.05, 3.63) is 30.1 Å². The van der Waals surface area contributed by atoms with Gasteiger partial charge >= 0.3 is 0 Å². The summed E-state index contributed by atoms with van der Waals surface area (Å²) in [5.41, 5.74) is 6.07. The number of rotatable bonds is 6. The van der Waals surface area contributed by atoms with Crippen LogP contribution < -0.4 is 16.4 Å². The standard InChI is InChI=1S/C13H18FN3O2.ClH/c1-2-3-11(15)13(19)16-8-12(18)17-10-6-4-9(14)5-7-10;/h4-7,11H,2-3,8,15H2,1H3,(H,16,19)(H,17,18);1H. The van der Waals surface area contributed by atoms with Gasteiger partial charge in [-0.2, -0.15) is 0 Å². The van der Waals surface area contributed by atoms with Crippen LogP contribution in [0.15, 0.2) is 24.3 Å². The van der Waals surface area contributed by atoms with E-state index in [1.165, 1.54) is 24.3 Å². The van der Waals surface area contributed by atoms with Crippen LogP contribution in [0.4, 0.5) is 10.1 Å². The van der Waals surface area contributed by atoms with Gasteiger partial charge < -0.3 is 16.4 Å². The van der Waals surface area contributed by atoms with Crippen LogP contribution in [-0.4, -0.2) is 24.4 Å². The Hall–Kier alpha value is -1.66. The molecule has 0 aliphatic rings. The van der Waals surface area contributed by atoms with Gasteiger partial charge in [0.2, 0.25) is 11.8 Å². The Morgan fingerprint density at radius 3 is 2.45 bits per heavy atom. The fourth-order valence-electron chi connectivity index (χ4n) is 1.48. The SMILES string of the molecule is CCCC(N)C(=O)NCC(=O)Nc1ccc(F)cc1.Cl. The number of carbonyl (C=O) groups is 2. The monoisotopic (exact) mass is 303 g/mol. The molecule has 1 aromatic carbocycles. The van der Waals surface area contributed by atoms with Crippen molar-refractivity contribution in [2.45, 2.75) is 25.8 Å². The summed E-state index contributed by atoms with van der Waals surface area (Å²) in [4.78, 5) is 23.0. The molecule has 2 amide bonds. The Kier molecular flexibility index (Phi) is 8.51. The number of amides is 2. The summed E-state index contributed by atoms with van der Waals surface area (Å²) in [7, 11) is 0. The molecule has 1 unspecified atom stereocenters. The molecule has 0 saturated carbocycles. The van der Waals surface area contributed by atoms with Crippen molar-refractivity contribution < 1.29 is 14.0 Å². The highest BCUT2D eigenvalue weighted by atomic mass is 35.5. The van der Waals surface area contributed by atoms with Crippen LogP contribution in [-0.2, 0) is 9.59 Å². The number of halogens is 2. The summed E-state index contributed by atoms with van der Waals surface area (Å²) in [6, 6.07) is 4.77. The first-order valence-electron chi connectivity index (χ1n) is 6.11. The second kappa shape index (κ2) is 9.28. The van der Waals surface area contributed by atoms with E-state index in [0.717, 1.165) is 6.42 Å². The van der Waals surface area contributed by atoms with Gasteiger partial charge in [0.25, 0.3) is 0 Å². The summed E-state index contributed by atoms with van der Waals surface area (Å²) >= 11 is 0. The minimum atomic E-state index is -0.594. The highest BCUT2D eigenvalue weighted by Crippen LogP contribution is 2.07. The van der Waals surface area contributed by atoms with Crippen molar-refractivity contribution in [3.63, 3.8) is 0 Å². The lowest BCUT2D eigenvalue weighted by atomic mass is 10.2. The molecule has 0 aromatic heterocycles. The molecular weight excluding hydrogens is 285 g/mol. The third-order valence-corrected chi connectivity index (χ3v) is 2.49. The first-order chi connectivity index (χ1) is 9.02. The maximum atomic E-state index is 12.7. The average Bonchev–Trinajstić information content (AvgIpc) is 2.39. The third kappa shape index (κ3) is 6.49. The molecule has 1 rings (SSSR count). The number of hydrogen-bond acceptors (Lipinski definition) is 3. The third-order valence-electron chi connectivity index (χ3n) is 2.49. The van der Waals surface area contributed by atoms with Gasteiger partial charge in [-0.1, -0.05) is 13.3 Å². The van der Waals surface area contributed by atoms with E-state index in [0.29, 0.717) is 12.1 Å². The molecule has 4 N–H and O–H groups in total. The normalized spacial score (nSPS) is 11.2. The van der Waals surface area contributed by atoms with Crippen molar-refractivity contribution in [1.29, 1.82) is 0 Å². The minimum Gasteiger partial charge on any atom is -0.346 e. The Bertz CT molecular complexity index is 440. The zero-order valence-corrected chi connectivity index (χ0v) is 12.0. The van der Waals surface area contributed by atoms with Gasteiger partial charge in [-0.15, -0.1) is 12.4 Å². The minimum absolute atomic E-state index is 0. The topological polar surface area (TPSA) is 84.2 Å². The van der Waals surface area contributed by atoms with Crippen LogP contribution in [0.1, 0.15) is 19.8 Å². The molecule has 0 saturated heterocycles. The molecule has 7 heteroatoms. The van der Waals surface area contributed by atoms with Gasteiger partial charge in [-0.05, 0) is 30.7 Å². The fourth-order valence-corrected chi connectivity index (χ4v) is 1.48. The molecule has 5 nitrogen and oxygen atoms in total. The van der Waals surface area contributed by atoms with Crippen LogP contribution in [0.2, 0.25) is 0 Å². The molecule has 0 aliphatic carbocycles. The van der Waals surface area contributed by atoms with Crippen LogP contribution in [0.25, 0.3) is 0 Å². The molecule has 0 spiro atoms. The van der Waals surface area contributed by atoms with Crippen molar-refractivity contribution in [2.24, 2.45) is 5.73 Å². The lowest BCUT2D eigenvalue weighted by Gasteiger charge is -2.11. The molecule has 0 heterocycles. The second-order valence-electron chi connectivity index (χ2n) is 4.17. The highest BCUT2D eigenvalue weighted by molar-refractivity contribution is 5.95. The van der Waals surface area contributed by atoms with Gasteiger partial charge in [0.05, 0.1) is 12.6 Å². The van der Waals surface area contributed by atoms with Gasteiger partial charge in [-0.25, -0.2) is 4.39 Å². The maximum Gasteiger partial charge on any atom is 0.243 e. The first kappa shape index (κ1) is 18.3. The van der Waals surface area contributed by atoms with E-state index < -0.39 is 6.04 Å². The number of benzene rings is 1. The van der Waals surface area contributed by atoms with E-state index >= 15 is 0 Å². The summed E-state index contributed by atoms with van der Waals surface area (Å²) in [6.07, 6.45) is 1.38. The van der Waals surface area contributed by atoms with Crippen LogP contribution >= 0.6 is 12.4 Å². The van der Waals surface area contributed by atoms with Crippen molar-refractivity contribution in [3.8, 4) is 0 Å². The molecule has 0 fully saturated rings. The summed E-state index contributed by atoms with van der Waals surface area (Å²) < 4.78 is 12.7. The summed E-state index contributed by atoms with van der Waals surface area (Å²) in [5, 5.41) is 4.98. The Labute approximate surface area is 123 Å². The van der Waals surface area contributed by atoms with Crippen molar-refractivity contribution in [2.75, 3.05) is 11.9 Å². The fraction of sp³-hybridized carbons (Fsp3) is 0.385. The van der Waals surface area contributed by atoms with Crippen LogP contribution in [0.3, 0.4) is 0 Å². The van der Waals surface area contributed by atoms with E-state index in [-0.39, 0.29) is 36.6 Å². The predicted molar refractivity (Wildman–Crippen MR) is 78.2 cm³/mol. The molecule has 20 heavy (non-hydrogen) atoms. The zero-order valence-electron chi connectivity index (χ0n) is 11.2. The average molecular weight is 304 g/mol. The van der Waals surface area contributed by atoms with E-state index in [9.17, 15) is 14.0 Å². The van der Waals surface area contributed by atoms with Gasteiger partial charge in [-0.3, -0.25) is 9.59 Å². The maximum absolute atomic E-state index is 12.7. The zero-order chi connectivity index (χ0) is 14.3. The largest absolute Gasteiger partial charge is 0.346 e. The van der Waals surface area contributed by atoms with Crippen LogP contribution in [0.5, 0.6) is 0 Å². The quantitative estimate of drug-likeness (QED) is 0.743. The lowest BCUT2D eigenvalue weighted by molar-refractivity contribution is -0.125. The van der Waals surface area contributed by atoms with Gasteiger partial charge in [0, 0.05) is 5.69 Å². The Morgan fingerprint density at radius 1 is 1.30 bits per heavy atom. The lowest BCUT2D eigenvalue weighted by Crippen LogP contribution is -2.43.